The summed E-state index contributed by atoms with van der Waals surface area (Å²) in [7, 11) is 1.66. The van der Waals surface area contributed by atoms with Crippen LogP contribution in [0.4, 0.5) is 0 Å². The van der Waals surface area contributed by atoms with Crippen molar-refractivity contribution in [2.45, 2.75) is 6.42 Å². The summed E-state index contributed by atoms with van der Waals surface area (Å²) in [5, 5.41) is 10.8. The number of hydrogen-bond acceptors (Lipinski definition) is 6. The fraction of sp³-hybridized carbons (Fsp3) is 0.105. The van der Waals surface area contributed by atoms with Gasteiger partial charge in [0.15, 0.2) is 5.58 Å². The van der Waals surface area contributed by atoms with E-state index in [-0.39, 0.29) is 0 Å². The van der Waals surface area contributed by atoms with Gasteiger partial charge in [0, 0.05) is 17.4 Å². The zero-order chi connectivity index (χ0) is 17.5. The lowest BCUT2D eigenvalue weighted by Gasteiger charge is -2.00. The average molecular weight is 362 g/mol. The number of rotatable bonds is 4. The summed E-state index contributed by atoms with van der Waals surface area (Å²) in [6, 6.07) is 15.7. The normalized spacial score (nSPS) is 11.4. The van der Waals surface area contributed by atoms with Gasteiger partial charge in [0.05, 0.1) is 24.7 Å². The molecule has 0 bridgehead atoms. The van der Waals surface area contributed by atoms with Gasteiger partial charge < -0.3 is 9.26 Å². The zero-order valence-corrected chi connectivity index (χ0v) is 14.7. The molecule has 2 aromatic carbocycles. The minimum Gasteiger partial charge on any atom is -0.497 e. The Kier molecular flexibility index (Phi) is 3.46. The Balaban J connectivity index is 1.44. The van der Waals surface area contributed by atoms with Crippen LogP contribution >= 0.6 is 11.3 Å². The Morgan fingerprint density at radius 3 is 2.77 bits per heavy atom. The second kappa shape index (κ2) is 5.96. The smallest absolute Gasteiger partial charge is 0.212 e. The molecule has 0 aliphatic rings. The summed E-state index contributed by atoms with van der Waals surface area (Å²) in [5.74, 6) is 0.829. The molecule has 0 amide bonds. The van der Waals surface area contributed by atoms with Gasteiger partial charge in [0.2, 0.25) is 4.96 Å². The summed E-state index contributed by atoms with van der Waals surface area (Å²) in [4.78, 5) is 5.54. The summed E-state index contributed by atoms with van der Waals surface area (Å²) in [6.45, 7) is 0. The third-order valence-corrected chi connectivity index (χ3v) is 5.16. The fourth-order valence-electron chi connectivity index (χ4n) is 2.92. The Hall–Kier alpha value is -3.19. The molecular formula is C19H14N4O2S. The second-order valence-electron chi connectivity index (χ2n) is 5.88. The van der Waals surface area contributed by atoms with Crippen molar-refractivity contribution in [2.24, 2.45) is 0 Å². The van der Waals surface area contributed by atoms with Crippen LogP contribution < -0.4 is 4.74 Å². The van der Waals surface area contributed by atoms with E-state index >= 15 is 0 Å². The van der Waals surface area contributed by atoms with E-state index in [0.717, 1.165) is 43.6 Å². The maximum Gasteiger partial charge on any atom is 0.212 e. The molecule has 5 aromatic rings. The van der Waals surface area contributed by atoms with Crippen LogP contribution in [0.5, 0.6) is 5.75 Å². The van der Waals surface area contributed by atoms with Gasteiger partial charge in [-0.15, -0.1) is 0 Å². The third kappa shape index (κ3) is 2.53. The van der Waals surface area contributed by atoms with Gasteiger partial charge in [-0.1, -0.05) is 28.6 Å². The van der Waals surface area contributed by atoms with Gasteiger partial charge >= 0.3 is 0 Å². The van der Waals surface area contributed by atoms with E-state index in [0.29, 0.717) is 6.42 Å². The zero-order valence-electron chi connectivity index (χ0n) is 13.9. The Morgan fingerprint density at radius 2 is 1.96 bits per heavy atom. The number of methoxy groups -OCH3 is 1. The lowest BCUT2D eigenvalue weighted by Crippen LogP contribution is -1.90. The second-order valence-corrected chi connectivity index (χ2v) is 6.92. The molecule has 0 unspecified atom stereocenters. The molecule has 0 N–H and O–H groups in total. The lowest BCUT2D eigenvalue weighted by atomic mass is 10.2. The van der Waals surface area contributed by atoms with Crippen molar-refractivity contribution in [1.29, 1.82) is 0 Å². The molecule has 0 fully saturated rings. The van der Waals surface area contributed by atoms with Crippen molar-refractivity contribution in [3.05, 3.63) is 65.4 Å². The first kappa shape index (κ1) is 15.1. The first-order valence-electron chi connectivity index (χ1n) is 8.13. The molecule has 26 heavy (non-hydrogen) atoms. The average Bonchev–Trinajstić information content (AvgIpc) is 3.36. The maximum atomic E-state index is 5.37. The number of nitrogens with zero attached hydrogens (tertiary/aromatic N) is 4. The molecule has 0 radical (unpaired) electrons. The number of ether oxygens (including phenoxy) is 1. The van der Waals surface area contributed by atoms with E-state index in [2.05, 4.69) is 15.2 Å². The highest BCUT2D eigenvalue weighted by molar-refractivity contribution is 7.16. The summed E-state index contributed by atoms with van der Waals surface area (Å²) in [5.41, 5.74) is 3.62. The minimum absolute atomic E-state index is 0.628. The number of imidazole rings is 1. The van der Waals surface area contributed by atoms with E-state index in [4.69, 9.17) is 9.26 Å². The van der Waals surface area contributed by atoms with Crippen molar-refractivity contribution in [3.63, 3.8) is 0 Å². The lowest BCUT2D eigenvalue weighted by molar-refractivity contribution is 0.415. The maximum absolute atomic E-state index is 5.37. The largest absolute Gasteiger partial charge is 0.497 e. The first-order valence-corrected chi connectivity index (χ1v) is 8.94. The van der Waals surface area contributed by atoms with Crippen LogP contribution in [0.25, 0.3) is 27.2 Å². The van der Waals surface area contributed by atoms with E-state index < -0.39 is 0 Å². The van der Waals surface area contributed by atoms with Crippen molar-refractivity contribution in [2.75, 3.05) is 7.11 Å². The predicted octanol–water partition coefficient (Wildman–Crippen LogP) is 4.20. The van der Waals surface area contributed by atoms with E-state index in [9.17, 15) is 0 Å². The molecule has 3 heterocycles. The van der Waals surface area contributed by atoms with Gasteiger partial charge in [-0.3, -0.25) is 0 Å². The van der Waals surface area contributed by atoms with Crippen LogP contribution in [0.3, 0.4) is 0 Å². The van der Waals surface area contributed by atoms with Crippen molar-refractivity contribution < 1.29 is 9.26 Å². The number of fused-ring (bicyclic) bond motifs is 2. The molecule has 0 aliphatic heterocycles. The highest BCUT2D eigenvalue weighted by Gasteiger charge is 2.14. The van der Waals surface area contributed by atoms with Crippen LogP contribution in [-0.2, 0) is 6.42 Å². The predicted molar refractivity (Wildman–Crippen MR) is 99.7 cm³/mol. The molecule has 0 atom stereocenters. The molecule has 3 aromatic heterocycles. The molecule has 0 spiro atoms. The molecule has 5 rings (SSSR count). The van der Waals surface area contributed by atoms with E-state index in [1.807, 2.05) is 59.2 Å². The number of aromatic nitrogens is 4. The molecule has 0 saturated carbocycles. The first-order chi connectivity index (χ1) is 12.8. The molecular weight excluding hydrogens is 348 g/mol. The Morgan fingerprint density at radius 1 is 1.12 bits per heavy atom. The van der Waals surface area contributed by atoms with E-state index in [1.165, 1.54) is 0 Å². The van der Waals surface area contributed by atoms with Gasteiger partial charge in [0.25, 0.3) is 0 Å². The third-order valence-electron chi connectivity index (χ3n) is 4.24. The number of para-hydroxylation sites is 1. The highest BCUT2D eigenvalue weighted by atomic mass is 32.1. The van der Waals surface area contributed by atoms with Crippen LogP contribution in [0.1, 0.15) is 10.7 Å². The van der Waals surface area contributed by atoms with E-state index in [1.54, 1.807) is 18.4 Å². The summed E-state index contributed by atoms with van der Waals surface area (Å²) in [6.07, 6.45) is 2.57. The topological polar surface area (TPSA) is 65.5 Å². The van der Waals surface area contributed by atoms with Crippen molar-refractivity contribution in [1.82, 2.24) is 19.8 Å². The molecule has 0 saturated heterocycles. The number of benzene rings is 2. The van der Waals surface area contributed by atoms with Gasteiger partial charge in [0.1, 0.15) is 10.8 Å². The SMILES string of the molecule is COc1ccc(-c2cn3nc(Cc4noc5ccccc45)sc3n2)cc1. The Labute approximate surface area is 152 Å². The van der Waals surface area contributed by atoms with Crippen molar-refractivity contribution >= 4 is 27.3 Å². The molecule has 6 nitrogen and oxygen atoms in total. The van der Waals surface area contributed by atoms with Gasteiger partial charge in [-0.2, -0.15) is 5.10 Å². The summed E-state index contributed by atoms with van der Waals surface area (Å²) >= 11 is 1.56. The van der Waals surface area contributed by atoms with Crippen molar-refractivity contribution in [3.8, 4) is 17.0 Å². The Bertz CT molecular complexity index is 1170. The fourth-order valence-corrected chi connectivity index (χ4v) is 3.80. The number of hydrogen-bond donors (Lipinski definition) is 0. The monoisotopic (exact) mass is 362 g/mol. The quantitative estimate of drug-likeness (QED) is 0.479. The van der Waals surface area contributed by atoms with Gasteiger partial charge in [-0.05, 0) is 36.4 Å². The molecule has 7 heteroatoms. The molecule has 128 valence electrons. The van der Waals surface area contributed by atoms with Crippen LogP contribution in [-0.4, -0.2) is 26.9 Å². The highest BCUT2D eigenvalue weighted by Crippen LogP contribution is 2.26. The van der Waals surface area contributed by atoms with Crippen LogP contribution in [0.2, 0.25) is 0 Å². The van der Waals surface area contributed by atoms with Crippen LogP contribution in [0.15, 0.2) is 59.3 Å². The minimum atomic E-state index is 0.628. The molecule has 0 aliphatic carbocycles. The van der Waals surface area contributed by atoms with Crippen LogP contribution in [0, 0.1) is 0 Å². The van der Waals surface area contributed by atoms with Gasteiger partial charge in [-0.25, -0.2) is 9.50 Å². The standard InChI is InChI=1S/C19H14N4O2S/c1-24-13-8-6-12(7-9-13)16-11-23-19(20-16)26-18(21-23)10-15-14-4-2-3-5-17(14)25-22-15/h2-9,11H,10H2,1H3. The summed E-state index contributed by atoms with van der Waals surface area (Å²) < 4.78 is 12.4.